The fourth-order valence-corrected chi connectivity index (χ4v) is 3.17. The molecule has 0 radical (unpaired) electrons. The molecule has 0 aliphatic heterocycles. The molecule has 1 aromatic carbocycles. The van der Waals surface area contributed by atoms with Crippen molar-refractivity contribution >= 4 is 28.3 Å². The zero-order valence-electron chi connectivity index (χ0n) is 11.9. The van der Waals surface area contributed by atoms with Crippen LogP contribution in [0.25, 0.3) is 11.0 Å². The van der Waals surface area contributed by atoms with Gasteiger partial charge in [-0.1, -0.05) is 0 Å². The number of hydrogen-bond donors (Lipinski definition) is 2. The third-order valence-corrected chi connectivity index (χ3v) is 4.65. The molecule has 0 bridgehead atoms. The molecule has 0 spiro atoms. The Hall–Kier alpha value is -2.18. The maximum atomic E-state index is 11.5. The minimum Gasteiger partial charge on any atom is -0.325 e. The molecule has 0 atom stereocenters. The zero-order valence-corrected chi connectivity index (χ0v) is 12.7. The second-order valence-corrected chi connectivity index (χ2v) is 6.21. The van der Waals surface area contributed by atoms with Gasteiger partial charge in [-0.3, -0.25) is 10.2 Å². The van der Waals surface area contributed by atoms with Crippen LogP contribution < -0.4 is 11.3 Å². The molecule has 3 rings (SSSR count). The van der Waals surface area contributed by atoms with Crippen molar-refractivity contribution < 1.29 is 4.79 Å². The first kappa shape index (κ1) is 13.8. The number of nitrogens with two attached hydrogens (primary N) is 1. The molecule has 0 aliphatic carbocycles. The molecular formula is C15H16N4OS. The van der Waals surface area contributed by atoms with E-state index in [1.54, 1.807) is 6.07 Å². The summed E-state index contributed by atoms with van der Waals surface area (Å²) >= 11 is 1.44. The summed E-state index contributed by atoms with van der Waals surface area (Å²) in [7, 11) is 0. The predicted molar refractivity (Wildman–Crippen MR) is 84.3 cm³/mol. The third-order valence-electron chi connectivity index (χ3n) is 3.58. The van der Waals surface area contributed by atoms with Crippen LogP contribution in [0, 0.1) is 13.8 Å². The molecule has 1 amide bonds. The molecule has 108 valence electrons. The van der Waals surface area contributed by atoms with Gasteiger partial charge in [-0.2, -0.15) is 0 Å². The van der Waals surface area contributed by atoms with E-state index in [9.17, 15) is 4.79 Å². The van der Waals surface area contributed by atoms with Gasteiger partial charge in [-0.05, 0) is 49.2 Å². The number of carbonyl (C=O) groups is 1. The van der Waals surface area contributed by atoms with E-state index in [-0.39, 0.29) is 5.91 Å². The number of nitrogen functional groups attached to an aromatic ring is 1. The highest BCUT2D eigenvalue weighted by molar-refractivity contribution is 7.14. The number of nitrogens with one attached hydrogen (secondary N) is 1. The summed E-state index contributed by atoms with van der Waals surface area (Å²) in [6.07, 6.45) is 1.84. The highest BCUT2D eigenvalue weighted by Gasteiger charge is 2.10. The van der Waals surface area contributed by atoms with Crippen LogP contribution in [0.3, 0.4) is 0 Å². The number of hydrogen-bond acceptors (Lipinski definition) is 4. The Bertz CT molecular complexity index is 818. The highest BCUT2D eigenvalue weighted by atomic mass is 32.1. The Morgan fingerprint density at radius 1 is 1.33 bits per heavy atom. The second kappa shape index (κ2) is 5.31. The molecule has 6 heteroatoms. The maximum absolute atomic E-state index is 11.5. The summed E-state index contributed by atoms with van der Waals surface area (Å²) in [4.78, 5) is 17.6. The van der Waals surface area contributed by atoms with Crippen molar-refractivity contribution in [3.63, 3.8) is 0 Å². The number of aryl methyl sites for hydroxylation is 2. The average molecular weight is 300 g/mol. The first-order valence-electron chi connectivity index (χ1n) is 6.60. The molecule has 0 unspecified atom stereocenters. The number of nitrogens with zero attached hydrogens (tertiary/aromatic N) is 2. The fraction of sp³-hybridized carbons (Fsp3) is 0.200. The zero-order chi connectivity index (χ0) is 15.0. The molecule has 3 N–H and O–H groups in total. The van der Waals surface area contributed by atoms with Crippen molar-refractivity contribution in [1.82, 2.24) is 15.0 Å². The quantitative estimate of drug-likeness (QED) is 0.443. The SMILES string of the molecule is Cc1cc2ncn(Cc3ccc(C(=O)NN)s3)c2cc1C. The van der Waals surface area contributed by atoms with E-state index in [0.717, 1.165) is 15.9 Å². The molecule has 3 aromatic rings. The molecule has 0 fully saturated rings. The number of aromatic nitrogens is 2. The van der Waals surface area contributed by atoms with Crippen molar-refractivity contribution in [1.29, 1.82) is 0 Å². The Morgan fingerprint density at radius 3 is 2.86 bits per heavy atom. The average Bonchev–Trinajstić information content (AvgIpc) is 3.08. The van der Waals surface area contributed by atoms with Gasteiger partial charge in [0, 0.05) is 4.88 Å². The topological polar surface area (TPSA) is 72.9 Å². The maximum Gasteiger partial charge on any atom is 0.275 e. The normalized spacial score (nSPS) is 11.0. The number of amides is 1. The van der Waals surface area contributed by atoms with E-state index in [1.807, 2.05) is 12.4 Å². The van der Waals surface area contributed by atoms with Gasteiger partial charge in [0.1, 0.15) is 0 Å². The molecule has 2 heterocycles. The van der Waals surface area contributed by atoms with E-state index >= 15 is 0 Å². The van der Waals surface area contributed by atoms with Crippen LogP contribution in [0.5, 0.6) is 0 Å². The van der Waals surface area contributed by atoms with Crippen molar-refractivity contribution in [2.75, 3.05) is 0 Å². The van der Waals surface area contributed by atoms with E-state index in [1.165, 1.54) is 22.5 Å². The van der Waals surface area contributed by atoms with Crippen LogP contribution in [0.2, 0.25) is 0 Å². The van der Waals surface area contributed by atoms with Gasteiger partial charge in [-0.15, -0.1) is 11.3 Å². The number of fused-ring (bicyclic) bond motifs is 1. The molecule has 2 aromatic heterocycles. The first-order chi connectivity index (χ1) is 10.1. The molecular weight excluding hydrogens is 284 g/mol. The minimum absolute atomic E-state index is 0.256. The standard InChI is InChI=1S/C15H16N4OS/c1-9-5-12-13(6-10(9)2)19(8-17-12)7-11-3-4-14(21-11)15(20)18-16/h3-6,8H,7,16H2,1-2H3,(H,18,20). The summed E-state index contributed by atoms with van der Waals surface area (Å²) < 4.78 is 2.09. The highest BCUT2D eigenvalue weighted by Crippen LogP contribution is 2.22. The molecule has 0 saturated carbocycles. The molecule has 0 saturated heterocycles. The number of thiophene rings is 1. The van der Waals surface area contributed by atoms with Gasteiger partial charge in [0.25, 0.3) is 5.91 Å². The van der Waals surface area contributed by atoms with E-state index in [2.05, 4.69) is 41.0 Å². The molecule has 0 aliphatic rings. The summed E-state index contributed by atoms with van der Waals surface area (Å²) in [6.45, 7) is 4.88. The summed E-state index contributed by atoms with van der Waals surface area (Å²) in [6, 6.07) is 7.99. The van der Waals surface area contributed by atoms with Gasteiger partial charge in [0.05, 0.1) is 28.8 Å². The van der Waals surface area contributed by atoms with E-state index < -0.39 is 0 Å². The van der Waals surface area contributed by atoms with Gasteiger partial charge in [-0.25, -0.2) is 10.8 Å². The summed E-state index contributed by atoms with van der Waals surface area (Å²) in [5.74, 6) is 4.89. The summed E-state index contributed by atoms with van der Waals surface area (Å²) in [5.41, 5.74) is 6.74. The smallest absolute Gasteiger partial charge is 0.275 e. The van der Waals surface area contributed by atoms with Gasteiger partial charge >= 0.3 is 0 Å². The Labute approximate surface area is 126 Å². The third kappa shape index (κ3) is 2.55. The number of hydrazine groups is 1. The van der Waals surface area contributed by atoms with Gasteiger partial charge in [0.15, 0.2) is 0 Å². The van der Waals surface area contributed by atoms with Crippen molar-refractivity contribution in [3.8, 4) is 0 Å². The Balaban J connectivity index is 1.93. The monoisotopic (exact) mass is 300 g/mol. The lowest BCUT2D eigenvalue weighted by Crippen LogP contribution is -2.29. The molecule has 21 heavy (non-hydrogen) atoms. The van der Waals surface area contributed by atoms with Crippen molar-refractivity contribution in [2.45, 2.75) is 20.4 Å². The molecule has 5 nitrogen and oxygen atoms in total. The first-order valence-corrected chi connectivity index (χ1v) is 7.42. The fourth-order valence-electron chi connectivity index (χ4n) is 2.26. The van der Waals surface area contributed by atoms with Crippen LogP contribution in [-0.4, -0.2) is 15.5 Å². The van der Waals surface area contributed by atoms with E-state index in [0.29, 0.717) is 11.4 Å². The van der Waals surface area contributed by atoms with Crippen LogP contribution in [0.1, 0.15) is 25.7 Å². The number of carbonyl (C=O) groups excluding carboxylic acids is 1. The Kier molecular flexibility index (Phi) is 3.48. The summed E-state index contributed by atoms with van der Waals surface area (Å²) in [5, 5.41) is 0. The minimum atomic E-state index is -0.256. The predicted octanol–water partition coefficient (Wildman–Crippen LogP) is 2.37. The lowest BCUT2D eigenvalue weighted by atomic mass is 10.1. The van der Waals surface area contributed by atoms with Crippen molar-refractivity contribution in [2.24, 2.45) is 5.84 Å². The van der Waals surface area contributed by atoms with Gasteiger partial charge < -0.3 is 4.57 Å². The van der Waals surface area contributed by atoms with E-state index in [4.69, 9.17) is 5.84 Å². The van der Waals surface area contributed by atoms with Gasteiger partial charge in [0.2, 0.25) is 0 Å². The van der Waals surface area contributed by atoms with Crippen molar-refractivity contribution in [3.05, 3.63) is 51.5 Å². The van der Waals surface area contributed by atoms with Crippen LogP contribution in [-0.2, 0) is 6.54 Å². The Morgan fingerprint density at radius 2 is 2.10 bits per heavy atom. The number of imidazole rings is 1. The van der Waals surface area contributed by atoms with Crippen LogP contribution >= 0.6 is 11.3 Å². The largest absolute Gasteiger partial charge is 0.325 e. The van der Waals surface area contributed by atoms with Crippen LogP contribution in [0.4, 0.5) is 0 Å². The number of rotatable bonds is 3. The lowest BCUT2D eigenvalue weighted by Gasteiger charge is -2.04. The second-order valence-electron chi connectivity index (χ2n) is 5.04. The number of benzene rings is 1. The van der Waals surface area contributed by atoms with Crippen LogP contribution in [0.15, 0.2) is 30.6 Å². The lowest BCUT2D eigenvalue weighted by molar-refractivity contribution is 0.0957.